The zero-order valence-electron chi connectivity index (χ0n) is 11.0. The molecule has 2 aromatic carbocycles. The van der Waals surface area contributed by atoms with Gasteiger partial charge in [0.05, 0.1) is 17.7 Å². The summed E-state index contributed by atoms with van der Waals surface area (Å²) in [5.41, 5.74) is -0.353. The van der Waals surface area contributed by atoms with E-state index >= 15 is 0 Å². The molecule has 0 aliphatic heterocycles. The van der Waals surface area contributed by atoms with Gasteiger partial charge in [0, 0.05) is 11.6 Å². The SMILES string of the molecule is COc1ccccc1NC(=O)c1ccc(F)c([N+](=O)[O-])c1. The first-order valence-corrected chi connectivity index (χ1v) is 5.91. The molecule has 0 bridgehead atoms. The first kappa shape index (κ1) is 14.4. The summed E-state index contributed by atoms with van der Waals surface area (Å²) in [5.74, 6) is -1.14. The zero-order chi connectivity index (χ0) is 15.4. The number of hydrogen-bond acceptors (Lipinski definition) is 4. The fraction of sp³-hybridized carbons (Fsp3) is 0.0714. The van der Waals surface area contributed by atoms with Gasteiger partial charge in [0.15, 0.2) is 0 Å². The summed E-state index contributed by atoms with van der Waals surface area (Å²) >= 11 is 0. The van der Waals surface area contributed by atoms with Gasteiger partial charge in [0.25, 0.3) is 5.91 Å². The normalized spacial score (nSPS) is 10.0. The molecular formula is C14H11FN2O4. The summed E-state index contributed by atoms with van der Waals surface area (Å²) in [5, 5.41) is 13.2. The molecule has 0 aromatic heterocycles. The fourth-order valence-corrected chi connectivity index (χ4v) is 1.74. The second-order valence-electron chi connectivity index (χ2n) is 4.08. The molecule has 7 heteroatoms. The lowest BCUT2D eigenvalue weighted by atomic mass is 10.1. The third-order valence-electron chi connectivity index (χ3n) is 2.76. The number of nitrogens with zero attached hydrogens (tertiary/aromatic N) is 1. The summed E-state index contributed by atoms with van der Waals surface area (Å²) in [4.78, 5) is 21.8. The predicted molar refractivity (Wildman–Crippen MR) is 74.0 cm³/mol. The van der Waals surface area contributed by atoms with Gasteiger partial charge < -0.3 is 10.1 Å². The highest BCUT2D eigenvalue weighted by Crippen LogP contribution is 2.24. The van der Waals surface area contributed by atoms with E-state index in [1.54, 1.807) is 24.3 Å². The Balaban J connectivity index is 2.29. The molecule has 6 nitrogen and oxygen atoms in total. The minimum atomic E-state index is -0.992. The van der Waals surface area contributed by atoms with Crippen LogP contribution >= 0.6 is 0 Å². The summed E-state index contributed by atoms with van der Waals surface area (Å²) < 4.78 is 18.3. The van der Waals surface area contributed by atoms with Crippen molar-refractivity contribution in [2.24, 2.45) is 0 Å². The van der Waals surface area contributed by atoms with Gasteiger partial charge in [-0.1, -0.05) is 12.1 Å². The lowest BCUT2D eigenvalue weighted by Crippen LogP contribution is -2.13. The number of carbonyl (C=O) groups is 1. The third-order valence-corrected chi connectivity index (χ3v) is 2.76. The molecule has 0 unspecified atom stereocenters. The van der Waals surface area contributed by atoms with Crippen molar-refractivity contribution in [2.75, 3.05) is 12.4 Å². The highest BCUT2D eigenvalue weighted by molar-refractivity contribution is 6.05. The molecule has 0 spiro atoms. The molecule has 0 radical (unpaired) electrons. The Hall–Kier alpha value is -2.96. The number of halogens is 1. The highest BCUT2D eigenvalue weighted by atomic mass is 19.1. The maximum absolute atomic E-state index is 13.2. The van der Waals surface area contributed by atoms with Crippen LogP contribution in [-0.4, -0.2) is 17.9 Å². The van der Waals surface area contributed by atoms with Crippen molar-refractivity contribution in [3.05, 3.63) is 64.0 Å². The number of benzene rings is 2. The van der Waals surface area contributed by atoms with E-state index in [0.29, 0.717) is 11.4 Å². The molecule has 21 heavy (non-hydrogen) atoms. The summed E-state index contributed by atoms with van der Waals surface area (Å²) in [6, 6.07) is 9.66. The van der Waals surface area contributed by atoms with E-state index in [0.717, 1.165) is 12.1 Å². The Labute approximate surface area is 119 Å². The van der Waals surface area contributed by atoms with Crippen LogP contribution in [0.2, 0.25) is 0 Å². The van der Waals surface area contributed by atoms with Gasteiger partial charge in [0.2, 0.25) is 5.82 Å². The Bertz CT molecular complexity index is 703. The van der Waals surface area contributed by atoms with E-state index in [1.165, 1.54) is 13.2 Å². The summed E-state index contributed by atoms with van der Waals surface area (Å²) in [6.07, 6.45) is 0. The van der Waals surface area contributed by atoms with Crippen LogP contribution in [0.1, 0.15) is 10.4 Å². The van der Waals surface area contributed by atoms with Crippen LogP contribution < -0.4 is 10.1 Å². The molecule has 1 amide bonds. The van der Waals surface area contributed by atoms with Gasteiger partial charge in [0.1, 0.15) is 5.75 Å². The number of hydrogen-bond donors (Lipinski definition) is 1. The number of nitro groups is 1. The van der Waals surface area contributed by atoms with Crippen LogP contribution in [0.3, 0.4) is 0 Å². The van der Waals surface area contributed by atoms with E-state index < -0.39 is 22.3 Å². The van der Waals surface area contributed by atoms with E-state index in [-0.39, 0.29) is 5.56 Å². The van der Waals surface area contributed by atoms with E-state index in [1.807, 2.05) is 0 Å². The number of nitro benzene ring substituents is 1. The molecule has 0 aliphatic carbocycles. The van der Waals surface area contributed by atoms with Gasteiger partial charge in [-0.05, 0) is 24.3 Å². The average molecular weight is 290 g/mol. The van der Waals surface area contributed by atoms with Crippen LogP contribution in [0.15, 0.2) is 42.5 Å². The monoisotopic (exact) mass is 290 g/mol. The first-order chi connectivity index (χ1) is 10.0. The maximum Gasteiger partial charge on any atom is 0.305 e. The second kappa shape index (κ2) is 6.00. The molecule has 0 heterocycles. The van der Waals surface area contributed by atoms with Crippen molar-refractivity contribution in [1.82, 2.24) is 0 Å². The van der Waals surface area contributed by atoms with Gasteiger partial charge in [-0.25, -0.2) is 0 Å². The summed E-state index contributed by atoms with van der Waals surface area (Å²) in [7, 11) is 1.45. The quantitative estimate of drug-likeness (QED) is 0.693. The molecule has 2 rings (SSSR count). The van der Waals surface area contributed by atoms with Crippen LogP contribution in [-0.2, 0) is 0 Å². The molecule has 0 aliphatic rings. The van der Waals surface area contributed by atoms with E-state index in [2.05, 4.69) is 5.32 Å². The number of nitrogens with one attached hydrogen (secondary N) is 1. The van der Waals surface area contributed by atoms with Gasteiger partial charge >= 0.3 is 5.69 Å². The van der Waals surface area contributed by atoms with Gasteiger partial charge in [-0.3, -0.25) is 14.9 Å². The predicted octanol–water partition coefficient (Wildman–Crippen LogP) is 2.99. The van der Waals surface area contributed by atoms with Crippen LogP contribution in [0.25, 0.3) is 0 Å². The number of ether oxygens (including phenoxy) is 1. The summed E-state index contributed by atoms with van der Waals surface area (Å²) in [6.45, 7) is 0. The molecule has 0 fully saturated rings. The average Bonchev–Trinajstić information content (AvgIpc) is 2.47. The van der Waals surface area contributed by atoms with Crippen molar-refractivity contribution in [3.8, 4) is 5.75 Å². The minimum absolute atomic E-state index is 0.0194. The minimum Gasteiger partial charge on any atom is -0.495 e. The maximum atomic E-state index is 13.2. The molecule has 2 aromatic rings. The molecule has 1 N–H and O–H groups in total. The number of methoxy groups -OCH3 is 1. The van der Waals surface area contributed by atoms with Crippen molar-refractivity contribution >= 4 is 17.3 Å². The number of rotatable bonds is 4. The van der Waals surface area contributed by atoms with Crippen LogP contribution in [0.5, 0.6) is 5.75 Å². The van der Waals surface area contributed by atoms with Crippen molar-refractivity contribution in [3.63, 3.8) is 0 Å². The number of amides is 1. The highest BCUT2D eigenvalue weighted by Gasteiger charge is 2.18. The standard InChI is InChI=1S/C14H11FN2O4/c1-21-13-5-3-2-4-11(13)16-14(18)9-6-7-10(15)12(8-9)17(19)20/h2-8H,1H3,(H,16,18). The zero-order valence-corrected chi connectivity index (χ0v) is 11.0. The number of para-hydroxylation sites is 2. The third kappa shape index (κ3) is 3.14. The van der Waals surface area contributed by atoms with Gasteiger partial charge in [-0.15, -0.1) is 0 Å². The van der Waals surface area contributed by atoms with E-state index in [9.17, 15) is 19.3 Å². The lowest BCUT2D eigenvalue weighted by Gasteiger charge is -2.09. The van der Waals surface area contributed by atoms with Crippen LogP contribution in [0, 0.1) is 15.9 Å². The van der Waals surface area contributed by atoms with E-state index in [4.69, 9.17) is 4.74 Å². The van der Waals surface area contributed by atoms with Crippen molar-refractivity contribution in [1.29, 1.82) is 0 Å². The molecule has 0 saturated carbocycles. The second-order valence-corrected chi connectivity index (χ2v) is 4.08. The van der Waals surface area contributed by atoms with Crippen molar-refractivity contribution < 1.29 is 18.8 Å². The lowest BCUT2D eigenvalue weighted by molar-refractivity contribution is -0.387. The number of carbonyl (C=O) groups excluding carboxylic acids is 1. The topological polar surface area (TPSA) is 81.5 Å². The fourth-order valence-electron chi connectivity index (χ4n) is 1.74. The first-order valence-electron chi connectivity index (χ1n) is 5.91. The number of anilines is 1. The molecule has 0 saturated heterocycles. The Morgan fingerprint density at radius 2 is 2.00 bits per heavy atom. The van der Waals surface area contributed by atoms with Gasteiger partial charge in [-0.2, -0.15) is 4.39 Å². The molecule has 0 atom stereocenters. The largest absolute Gasteiger partial charge is 0.495 e. The van der Waals surface area contributed by atoms with Crippen molar-refractivity contribution in [2.45, 2.75) is 0 Å². The Kier molecular flexibility index (Phi) is 4.13. The Morgan fingerprint density at radius 3 is 2.67 bits per heavy atom. The van der Waals surface area contributed by atoms with Crippen LogP contribution in [0.4, 0.5) is 15.8 Å². The molecular weight excluding hydrogens is 279 g/mol. The molecule has 108 valence electrons. The Morgan fingerprint density at radius 1 is 1.29 bits per heavy atom. The smallest absolute Gasteiger partial charge is 0.305 e.